The molecular weight excluding hydrogens is 324 g/mol. The Balaban J connectivity index is 2.29. The number of hydrogen-bond donors (Lipinski definition) is 1. The molecule has 6 heteroatoms. The zero-order valence-electron chi connectivity index (χ0n) is 13.5. The number of benzene rings is 1. The van der Waals surface area contributed by atoms with E-state index in [0.29, 0.717) is 16.9 Å². The van der Waals surface area contributed by atoms with Crippen molar-refractivity contribution < 1.29 is 14.3 Å². The Morgan fingerprint density at radius 2 is 2.08 bits per heavy atom. The van der Waals surface area contributed by atoms with Crippen molar-refractivity contribution in [2.24, 2.45) is 5.73 Å². The van der Waals surface area contributed by atoms with Crippen molar-refractivity contribution in [3.05, 3.63) is 62.2 Å². The average molecular weight is 340 g/mol. The summed E-state index contributed by atoms with van der Waals surface area (Å²) in [6, 6.07) is 9.97. The number of fused-ring (bicyclic) bond motifs is 1. The number of ether oxygens (including phenoxy) is 2. The van der Waals surface area contributed by atoms with Gasteiger partial charge in [-0.1, -0.05) is 24.3 Å². The number of hydrogen-bond acceptors (Lipinski definition) is 6. The molecule has 2 heterocycles. The fourth-order valence-electron chi connectivity index (χ4n) is 2.94. The van der Waals surface area contributed by atoms with Crippen molar-refractivity contribution in [2.75, 3.05) is 7.11 Å². The second-order valence-corrected chi connectivity index (χ2v) is 6.76. The standard InChI is InChI=1S/C18H16N2O3S/c1-9-6-4-5-7-11(9)14-12(8-19)17(20)23-15-13(18(21)22-3)10(2)24-16(14)15/h4-7,14H,20H2,1-3H3/t14-/m0/s1. The molecule has 1 aliphatic heterocycles. The van der Waals surface area contributed by atoms with Gasteiger partial charge in [0.15, 0.2) is 5.75 Å². The summed E-state index contributed by atoms with van der Waals surface area (Å²) in [5.41, 5.74) is 8.73. The van der Waals surface area contributed by atoms with Gasteiger partial charge >= 0.3 is 5.97 Å². The van der Waals surface area contributed by atoms with Crippen molar-refractivity contribution in [3.8, 4) is 11.8 Å². The Kier molecular flexibility index (Phi) is 4.04. The molecule has 1 aromatic heterocycles. The number of thiophene rings is 1. The first-order valence-electron chi connectivity index (χ1n) is 7.34. The van der Waals surface area contributed by atoms with Gasteiger partial charge in [-0.15, -0.1) is 11.3 Å². The molecule has 0 saturated carbocycles. The lowest BCUT2D eigenvalue weighted by molar-refractivity contribution is 0.0597. The van der Waals surface area contributed by atoms with Gasteiger partial charge in [0.1, 0.15) is 17.2 Å². The van der Waals surface area contributed by atoms with E-state index in [-0.39, 0.29) is 11.8 Å². The number of rotatable bonds is 2. The summed E-state index contributed by atoms with van der Waals surface area (Å²) < 4.78 is 10.5. The van der Waals surface area contributed by atoms with Gasteiger partial charge in [-0.25, -0.2) is 4.79 Å². The quantitative estimate of drug-likeness (QED) is 0.847. The number of carbonyl (C=O) groups excluding carboxylic acids is 1. The molecule has 3 rings (SSSR count). The van der Waals surface area contributed by atoms with Crippen LogP contribution >= 0.6 is 11.3 Å². The van der Waals surface area contributed by atoms with Crippen molar-refractivity contribution in [2.45, 2.75) is 19.8 Å². The van der Waals surface area contributed by atoms with Crippen molar-refractivity contribution in [1.29, 1.82) is 5.26 Å². The second kappa shape index (κ2) is 6.02. The van der Waals surface area contributed by atoms with E-state index < -0.39 is 5.97 Å². The molecule has 1 atom stereocenters. The first-order valence-corrected chi connectivity index (χ1v) is 8.16. The Labute approximate surface area is 143 Å². The molecule has 0 aliphatic carbocycles. The SMILES string of the molecule is COC(=O)c1c(C)sc2c1OC(N)=C(C#N)[C@@H]2c1ccccc1C. The lowest BCUT2D eigenvalue weighted by atomic mass is 9.86. The van der Waals surface area contributed by atoms with Crippen LogP contribution in [0.2, 0.25) is 0 Å². The number of allylic oxidation sites excluding steroid dienone is 1. The lowest BCUT2D eigenvalue weighted by Crippen LogP contribution is -2.21. The van der Waals surface area contributed by atoms with Crippen LogP contribution in [-0.4, -0.2) is 13.1 Å². The predicted molar refractivity (Wildman–Crippen MR) is 90.9 cm³/mol. The molecule has 1 aliphatic rings. The topological polar surface area (TPSA) is 85.3 Å². The molecular formula is C18H16N2O3S. The van der Waals surface area contributed by atoms with Crippen LogP contribution in [0.5, 0.6) is 5.75 Å². The normalized spacial score (nSPS) is 16.2. The maximum atomic E-state index is 12.1. The molecule has 0 amide bonds. The molecule has 0 spiro atoms. The van der Waals surface area contributed by atoms with Crippen LogP contribution in [0.15, 0.2) is 35.7 Å². The van der Waals surface area contributed by atoms with E-state index in [1.54, 1.807) is 0 Å². The van der Waals surface area contributed by atoms with E-state index in [9.17, 15) is 10.1 Å². The average Bonchev–Trinajstić information content (AvgIpc) is 2.89. The van der Waals surface area contributed by atoms with Gasteiger partial charge in [0.25, 0.3) is 0 Å². The molecule has 1 aromatic carbocycles. The van der Waals surface area contributed by atoms with Crippen LogP contribution < -0.4 is 10.5 Å². The number of nitriles is 1. The fraction of sp³-hybridized carbons (Fsp3) is 0.222. The van der Waals surface area contributed by atoms with Gasteiger partial charge in [-0.2, -0.15) is 5.26 Å². The van der Waals surface area contributed by atoms with Crippen LogP contribution in [0, 0.1) is 25.2 Å². The first-order chi connectivity index (χ1) is 11.5. The van der Waals surface area contributed by atoms with E-state index in [0.717, 1.165) is 20.9 Å². The number of esters is 1. The van der Waals surface area contributed by atoms with E-state index in [2.05, 4.69) is 6.07 Å². The lowest BCUT2D eigenvalue weighted by Gasteiger charge is -2.25. The zero-order valence-corrected chi connectivity index (χ0v) is 14.4. The van der Waals surface area contributed by atoms with Crippen LogP contribution in [-0.2, 0) is 4.74 Å². The number of nitrogens with two attached hydrogens (primary N) is 1. The van der Waals surface area contributed by atoms with Gasteiger partial charge in [-0.05, 0) is 25.0 Å². The molecule has 0 saturated heterocycles. The van der Waals surface area contributed by atoms with Gasteiger partial charge < -0.3 is 15.2 Å². The van der Waals surface area contributed by atoms with E-state index >= 15 is 0 Å². The van der Waals surface area contributed by atoms with Gasteiger partial charge in [0, 0.05) is 4.88 Å². The second-order valence-electron chi connectivity index (χ2n) is 5.50. The minimum atomic E-state index is -0.471. The number of carbonyl (C=O) groups is 1. The van der Waals surface area contributed by atoms with E-state index in [1.165, 1.54) is 18.4 Å². The zero-order chi connectivity index (χ0) is 17.4. The van der Waals surface area contributed by atoms with Crippen LogP contribution in [0.25, 0.3) is 0 Å². The minimum absolute atomic E-state index is 0.0289. The molecule has 2 N–H and O–H groups in total. The molecule has 0 unspecified atom stereocenters. The molecule has 0 fully saturated rings. The summed E-state index contributed by atoms with van der Waals surface area (Å²) in [7, 11) is 1.33. The highest BCUT2D eigenvalue weighted by molar-refractivity contribution is 7.12. The molecule has 2 aromatic rings. The third kappa shape index (κ3) is 2.34. The highest BCUT2D eigenvalue weighted by atomic mass is 32.1. The van der Waals surface area contributed by atoms with Crippen molar-refractivity contribution in [1.82, 2.24) is 0 Å². The van der Waals surface area contributed by atoms with Crippen molar-refractivity contribution in [3.63, 3.8) is 0 Å². The fourth-order valence-corrected chi connectivity index (χ4v) is 4.15. The Hall–Kier alpha value is -2.78. The molecule has 0 radical (unpaired) electrons. The number of aryl methyl sites for hydroxylation is 2. The van der Waals surface area contributed by atoms with Gasteiger partial charge in [0.2, 0.25) is 5.88 Å². The van der Waals surface area contributed by atoms with E-state index in [1.807, 2.05) is 38.1 Å². The summed E-state index contributed by atoms with van der Waals surface area (Å²) in [6.45, 7) is 3.81. The smallest absolute Gasteiger partial charge is 0.342 e. The third-order valence-corrected chi connectivity index (χ3v) is 5.26. The maximum absolute atomic E-state index is 12.1. The maximum Gasteiger partial charge on any atom is 0.342 e. The van der Waals surface area contributed by atoms with Crippen LogP contribution in [0.3, 0.4) is 0 Å². The number of nitrogens with zero attached hydrogens (tertiary/aromatic N) is 1. The Bertz CT molecular complexity index is 905. The summed E-state index contributed by atoms with van der Waals surface area (Å²) in [4.78, 5) is 13.7. The largest absolute Gasteiger partial charge is 0.465 e. The number of methoxy groups -OCH3 is 1. The summed E-state index contributed by atoms with van der Waals surface area (Å²) in [6.07, 6.45) is 0. The summed E-state index contributed by atoms with van der Waals surface area (Å²) in [5, 5.41) is 9.59. The summed E-state index contributed by atoms with van der Waals surface area (Å²) >= 11 is 1.43. The van der Waals surface area contributed by atoms with Crippen molar-refractivity contribution >= 4 is 17.3 Å². The Morgan fingerprint density at radius 3 is 2.71 bits per heavy atom. The van der Waals surface area contributed by atoms with Crippen LogP contribution in [0.1, 0.15) is 37.2 Å². The monoisotopic (exact) mass is 340 g/mol. The molecule has 122 valence electrons. The van der Waals surface area contributed by atoms with Gasteiger partial charge in [-0.3, -0.25) is 0 Å². The minimum Gasteiger partial charge on any atom is -0.465 e. The van der Waals surface area contributed by atoms with Gasteiger partial charge in [0.05, 0.1) is 17.9 Å². The summed E-state index contributed by atoms with van der Waals surface area (Å²) in [5.74, 6) is -0.390. The van der Waals surface area contributed by atoms with Crippen LogP contribution in [0.4, 0.5) is 0 Å². The molecule has 5 nitrogen and oxygen atoms in total. The third-order valence-electron chi connectivity index (χ3n) is 4.10. The highest BCUT2D eigenvalue weighted by Gasteiger charge is 2.37. The Morgan fingerprint density at radius 1 is 1.38 bits per heavy atom. The van der Waals surface area contributed by atoms with E-state index in [4.69, 9.17) is 15.2 Å². The molecule has 0 bridgehead atoms. The molecule has 24 heavy (non-hydrogen) atoms. The highest BCUT2D eigenvalue weighted by Crippen LogP contribution is 2.49. The first kappa shape index (κ1) is 16.1. The predicted octanol–water partition coefficient (Wildman–Crippen LogP) is 3.37.